The smallest absolute Gasteiger partial charge is 0.406 e. The molecule has 2 heterocycles. The summed E-state index contributed by atoms with van der Waals surface area (Å²) in [5, 5.41) is 3.54. The summed E-state index contributed by atoms with van der Waals surface area (Å²) in [6.07, 6.45) is -4.23. The van der Waals surface area contributed by atoms with Crippen LogP contribution in [0.2, 0.25) is 0 Å². The Balaban J connectivity index is 2.03. The molecule has 0 bridgehead atoms. The maximum absolute atomic E-state index is 12.6. The third-order valence-corrected chi connectivity index (χ3v) is 3.69. The Morgan fingerprint density at radius 2 is 2.00 bits per heavy atom. The molecular formula is C15H16F3N3O4. The van der Waals surface area contributed by atoms with Gasteiger partial charge in [0.15, 0.2) is 6.61 Å². The number of aryl methyl sites for hydroxylation is 1. The van der Waals surface area contributed by atoms with Gasteiger partial charge < -0.3 is 9.30 Å². The SMILES string of the molecule is Cc1cc(C(=O)COC(=O)C2=NNC(=O)CC2)c(C)n1CC(F)(F)F. The molecule has 0 aromatic carbocycles. The van der Waals surface area contributed by atoms with Gasteiger partial charge in [-0.25, -0.2) is 10.2 Å². The van der Waals surface area contributed by atoms with Gasteiger partial charge in [0.1, 0.15) is 12.3 Å². The highest BCUT2D eigenvalue weighted by atomic mass is 19.4. The topological polar surface area (TPSA) is 89.8 Å². The maximum Gasteiger partial charge on any atom is 0.406 e. The van der Waals surface area contributed by atoms with Crippen LogP contribution in [0.1, 0.15) is 34.6 Å². The number of hydrazone groups is 1. The Kier molecular flexibility index (Phi) is 5.29. The lowest BCUT2D eigenvalue weighted by Gasteiger charge is -2.12. The number of aromatic nitrogens is 1. The van der Waals surface area contributed by atoms with Crippen molar-refractivity contribution in [2.75, 3.05) is 6.61 Å². The number of hydrogen-bond donors (Lipinski definition) is 1. The second kappa shape index (κ2) is 7.08. The Morgan fingerprint density at radius 1 is 1.32 bits per heavy atom. The number of Topliss-reactive ketones (excluding diaryl/α,β-unsaturated/α-hetero) is 1. The van der Waals surface area contributed by atoms with Gasteiger partial charge in [-0.05, 0) is 19.9 Å². The highest BCUT2D eigenvalue weighted by molar-refractivity contribution is 6.37. The van der Waals surface area contributed by atoms with Gasteiger partial charge in [0.25, 0.3) is 0 Å². The molecule has 25 heavy (non-hydrogen) atoms. The largest absolute Gasteiger partial charge is 0.453 e. The fourth-order valence-electron chi connectivity index (χ4n) is 2.42. The predicted octanol–water partition coefficient (Wildman–Crippen LogP) is 1.66. The highest BCUT2D eigenvalue weighted by Crippen LogP contribution is 2.23. The quantitative estimate of drug-likeness (QED) is 0.640. The van der Waals surface area contributed by atoms with Crippen LogP contribution < -0.4 is 5.43 Å². The van der Waals surface area contributed by atoms with Gasteiger partial charge in [-0.2, -0.15) is 18.3 Å². The molecule has 0 saturated heterocycles. The van der Waals surface area contributed by atoms with Crippen molar-refractivity contribution in [1.82, 2.24) is 9.99 Å². The van der Waals surface area contributed by atoms with Crippen LogP contribution in [-0.4, -0.2) is 40.7 Å². The molecule has 136 valence electrons. The lowest BCUT2D eigenvalue weighted by atomic mass is 10.1. The number of nitrogens with one attached hydrogen (secondary N) is 1. The van der Waals surface area contributed by atoms with Crippen LogP contribution in [0.4, 0.5) is 13.2 Å². The standard InChI is InChI=1S/C15H16F3N3O4/c1-8-5-10(9(2)21(8)7-15(16,17)18)12(22)6-25-14(24)11-3-4-13(23)20-19-11/h5H,3-4,6-7H2,1-2H3,(H,20,23). The van der Waals surface area contributed by atoms with Crippen molar-refractivity contribution >= 4 is 23.4 Å². The third-order valence-electron chi connectivity index (χ3n) is 3.69. The minimum absolute atomic E-state index is 0.0186. The first-order valence-electron chi connectivity index (χ1n) is 7.37. The molecule has 0 radical (unpaired) electrons. The number of halogens is 3. The normalized spacial score (nSPS) is 14.8. The zero-order valence-corrected chi connectivity index (χ0v) is 13.6. The summed E-state index contributed by atoms with van der Waals surface area (Å²) in [5.74, 6) is -1.79. The Labute approximate surface area is 140 Å². The summed E-state index contributed by atoms with van der Waals surface area (Å²) in [6.45, 7) is 1.03. The van der Waals surface area contributed by atoms with Crippen molar-refractivity contribution in [3.63, 3.8) is 0 Å². The monoisotopic (exact) mass is 359 g/mol. The predicted molar refractivity (Wildman–Crippen MR) is 80.1 cm³/mol. The molecule has 0 saturated carbocycles. The number of carbonyl (C=O) groups is 3. The van der Waals surface area contributed by atoms with Crippen molar-refractivity contribution in [3.8, 4) is 0 Å². The molecule has 0 atom stereocenters. The van der Waals surface area contributed by atoms with Gasteiger partial charge >= 0.3 is 12.1 Å². The van der Waals surface area contributed by atoms with E-state index in [0.717, 1.165) is 4.57 Å². The summed E-state index contributed by atoms with van der Waals surface area (Å²) in [6, 6.07) is 1.33. The van der Waals surface area contributed by atoms with Crippen LogP contribution in [0.25, 0.3) is 0 Å². The highest BCUT2D eigenvalue weighted by Gasteiger charge is 2.30. The molecule has 1 aliphatic rings. The number of nitrogens with zero attached hydrogens (tertiary/aromatic N) is 2. The molecule has 2 rings (SSSR count). The summed E-state index contributed by atoms with van der Waals surface area (Å²) >= 11 is 0. The van der Waals surface area contributed by atoms with Crippen LogP contribution in [0, 0.1) is 13.8 Å². The van der Waals surface area contributed by atoms with Gasteiger partial charge in [-0.15, -0.1) is 0 Å². The second-order valence-corrected chi connectivity index (χ2v) is 5.58. The van der Waals surface area contributed by atoms with Crippen molar-refractivity contribution in [2.24, 2.45) is 5.10 Å². The lowest BCUT2D eigenvalue weighted by Crippen LogP contribution is -2.31. The van der Waals surface area contributed by atoms with E-state index < -0.39 is 31.1 Å². The van der Waals surface area contributed by atoms with Gasteiger partial charge in [0.2, 0.25) is 11.7 Å². The third kappa shape index (κ3) is 4.68. The van der Waals surface area contributed by atoms with E-state index in [4.69, 9.17) is 4.74 Å². The van der Waals surface area contributed by atoms with Crippen molar-refractivity contribution in [3.05, 3.63) is 23.0 Å². The zero-order chi connectivity index (χ0) is 18.8. The molecule has 10 heteroatoms. The minimum Gasteiger partial charge on any atom is -0.453 e. The Hall–Kier alpha value is -2.65. The molecule has 1 aromatic heterocycles. The zero-order valence-electron chi connectivity index (χ0n) is 13.6. The summed E-state index contributed by atoms with van der Waals surface area (Å²) < 4.78 is 43.6. The molecule has 1 amide bonds. The van der Waals surface area contributed by atoms with Crippen LogP contribution in [0.5, 0.6) is 0 Å². The Morgan fingerprint density at radius 3 is 2.56 bits per heavy atom. The summed E-state index contributed by atoms with van der Waals surface area (Å²) in [5.41, 5.74) is 2.60. The van der Waals surface area contributed by atoms with E-state index in [9.17, 15) is 27.6 Å². The molecule has 1 aliphatic heterocycles. The van der Waals surface area contributed by atoms with Crippen LogP contribution in [-0.2, 0) is 20.9 Å². The average Bonchev–Trinajstić information content (AvgIpc) is 2.79. The van der Waals surface area contributed by atoms with E-state index in [0.29, 0.717) is 0 Å². The molecule has 0 aliphatic carbocycles. The van der Waals surface area contributed by atoms with Crippen LogP contribution in [0.15, 0.2) is 11.2 Å². The first-order chi connectivity index (χ1) is 11.6. The van der Waals surface area contributed by atoms with E-state index >= 15 is 0 Å². The van der Waals surface area contributed by atoms with Gasteiger partial charge in [0.05, 0.1) is 0 Å². The fraction of sp³-hybridized carbons (Fsp3) is 0.467. The van der Waals surface area contributed by atoms with Gasteiger partial charge in [0, 0.05) is 29.8 Å². The number of ether oxygens (including phenoxy) is 1. The second-order valence-electron chi connectivity index (χ2n) is 5.58. The van der Waals surface area contributed by atoms with E-state index in [1.54, 1.807) is 0 Å². The molecule has 0 spiro atoms. The molecule has 7 nitrogen and oxygen atoms in total. The van der Waals surface area contributed by atoms with Crippen molar-refractivity contribution < 1.29 is 32.3 Å². The van der Waals surface area contributed by atoms with Crippen molar-refractivity contribution in [2.45, 2.75) is 39.4 Å². The summed E-state index contributed by atoms with van der Waals surface area (Å²) in [4.78, 5) is 34.9. The number of amides is 1. The molecular weight excluding hydrogens is 343 g/mol. The van der Waals surface area contributed by atoms with E-state index in [1.807, 2.05) is 0 Å². The Bertz CT molecular complexity index is 750. The number of ketones is 1. The van der Waals surface area contributed by atoms with E-state index in [2.05, 4.69) is 10.5 Å². The number of rotatable bonds is 5. The molecule has 1 N–H and O–H groups in total. The summed E-state index contributed by atoms with van der Waals surface area (Å²) in [7, 11) is 0. The van der Waals surface area contributed by atoms with E-state index in [-0.39, 0.29) is 41.4 Å². The van der Waals surface area contributed by atoms with Crippen LogP contribution in [0.3, 0.4) is 0 Å². The minimum atomic E-state index is -4.41. The first kappa shape index (κ1) is 18.7. The van der Waals surface area contributed by atoms with Gasteiger partial charge in [-0.3, -0.25) is 9.59 Å². The van der Waals surface area contributed by atoms with E-state index in [1.165, 1.54) is 19.9 Å². The maximum atomic E-state index is 12.6. The number of alkyl halides is 3. The number of esters is 1. The molecule has 0 fully saturated rings. The molecule has 1 aromatic rings. The first-order valence-corrected chi connectivity index (χ1v) is 7.37. The van der Waals surface area contributed by atoms with Crippen LogP contribution >= 0.6 is 0 Å². The number of hydrogen-bond acceptors (Lipinski definition) is 5. The molecule has 0 unspecified atom stereocenters. The lowest BCUT2D eigenvalue weighted by molar-refractivity contribution is -0.141. The van der Waals surface area contributed by atoms with Crippen molar-refractivity contribution in [1.29, 1.82) is 0 Å². The number of carbonyl (C=O) groups excluding carboxylic acids is 3. The van der Waals surface area contributed by atoms with Gasteiger partial charge in [-0.1, -0.05) is 0 Å². The fourth-order valence-corrected chi connectivity index (χ4v) is 2.42. The average molecular weight is 359 g/mol.